The number of amides is 1. The maximum Gasteiger partial charge on any atom is 0.224 e. The van der Waals surface area contributed by atoms with E-state index in [1.165, 1.54) is 0 Å². The molecule has 0 fully saturated rings. The Morgan fingerprint density at radius 3 is 2.55 bits per heavy atom. The van der Waals surface area contributed by atoms with Crippen molar-refractivity contribution >= 4 is 29.3 Å². The Morgan fingerprint density at radius 1 is 1.23 bits per heavy atom. The lowest BCUT2D eigenvalue weighted by Gasteiger charge is -2.13. The van der Waals surface area contributed by atoms with Gasteiger partial charge in [0.25, 0.3) is 0 Å². The number of aliphatic hydroxyl groups excluding tert-OH is 1. The molecule has 0 aliphatic rings. The van der Waals surface area contributed by atoms with Crippen molar-refractivity contribution in [2.24, 2.45) is 0 Å². The SMILES string of the molecule is CSc1ccc(C(O)CNC(=O)Cc2ccccc2Cl)cc1. The standard InChI is InChI=1S/C17H18ClNO2S/c1-22-14-8-6-12(7-9-14)16(20)11-19-17(21)10-13-4-2-3-5-15(13)18/h2-9,16,20H,10-11H2,1H3,(H,19,21). The third-order valence-electron chi connectivity index (χ3n) is 3.30. The molecule has 3 nitrogen and oxygen atoms in total. The second-order valence-corrected chi connectivity index (χ2v) is 6.15. The van der Waals surface area contributed by atoms with Crippen molar-refractivity contribution < 1.29 is 9.90 Å². The number of carbonyl (C=O) groups excluding carboxylic acids is 1. The lowest BCUT2D eigenvalue weighted by atomic mass is 10.1. The van der Waals surface area contributed by atoms with Crippen LogP contribution < -0.4 is 5.32 Å². The Kier molecular flexibility index (Phi) is 6.31. The zero-order valence-corrected chi connectivity index (χ0v) is 13.8. The summed E-state index contributed by atoms with van der Waals surface area (Å²) in [5.41, 5.74) is 1.57. The van der Waals surface area contributed by atoms with E-state index >= 15 is 0 Å². The Bertz CT molecular complexity index is 631. The van der Waals surface area contributed by atoms with Gasteiger partial charge in [-0.2, -0.15) is 0 Å². The normalized spacial score (nSPS) is 12.0. The predicted molar refractivity (Wildman–Crippen MR) is 91.3 cm³/mol. The van der Waals surface area contributed by atoms with Crippen molar-refractivity contribution in [2.45, 2.75) is 17.4 Å². The zero-order valence-electron chi connectivity index (χ0n) is 12.3. The summed E-state index contributed by atoms with van der Waals surface area (Å²) in [5.74, 6) is -0.159. The topological polar surface area (TPSA) is 49.3 Å². The molecule has 0 spiro atoms. The van der Waals surface area contributed by atoms with Gasteiger partial charge in [-0.3, -0.25) is 4.79 Å². The Hall–Kier alpha value is -1.49. The van der Waals surface area contributed by atoms with Gasteiger partial charge in [-0.25, -0.2) is 0 Å². The predicted octanol–water partition coefficient (Wildman–Crippen LogP) is 3.45. The van der Waals surface area contributed by atoms with Crippen molar-refractivity contribution in [3.8, 4) is 0 Å². The molecule has 5 heteroatoms. The smallest absolute Gasteiger partial charge is 0.224 e. The summed E-state index contributed by atoms with van der Waals surface area (Å²) in [7, 11) is 0. The highest BCUT2D eigenvalue weighted by Crippen LogP contribution is 2.19. The summed E-state index contributed by atoms with van der Waals surface area (Å²) in [6.45, 7) is 0.182. The van der Waals surface area contributed by atoms with Gasteiger partial charge in [0.1, 0.15) is 0 Å². The van der Waals surface area contributed by atoms with Crippen LogP contribution in [-0.2, 0) is 11.2 Å². The van der Waals surface area contributed by atoms with Crippen molar-refractivity contribution in [3.05, 3.63) is 64.7 Å². The number of aliphatic hydroxyl groups is 1. The highest BCUT2D eigenvalue weighted by molar-refractivity contribution is 7.98. The van der Waals surface area contributed by atoms with Crippen LogP contribution in [0.2, 0.25) is 5.02 Å². The zero-order chi connectivity index (χ0) is 15.9. The molecule has 0 saturated heterocycles. The third kappa shape index (κ3) is 4.77. The number of hydrogen-bond donors (Lipinski definition) is 2. The Balaban J connectivity index is 1.86. The largest absolute Gasteiger partial charge is 0.387 e. The Labute approximate surface area is 139 Å². The van der Waals surface area contributed by atoms with Gasteiger partial charge in [0, 0.05) is 16.5 Å². The molecule has 1 amide bonds. The molecule has 22 heavy (non-hydrogen) atoms. The number of carbonyl (C=O) groups is 1. The molecule has 0 heterocycles. The third-order valence-corrected chi connectivity index (χ3v) is 4.41. The molecule has 0 aromatic heterocycles. The quantitative estimate of drug-likeness (QED) is 0.795. The second kappa shape index (κ2) is 8.22. The number of thioether (sulfide) groups is 1. The molecule has 2 N–H and O–H groups in total. The fraction of sp³-hybridized carbons (Fsp3) is 0.235. The monoisotopic (exact) mass is 335 g/mol. The van der Waals surface area contributed by atoms with Crippen molar-refractivity contribution in [1.82, 2.24) is 5.32 Å². The highest BCUT2D eigenvalue weighted by Gasteiger charge is 2.11. The first kappa shape index (κ1) is 16.9. The minimum Gasteiger partial charge on any atom is -0.387 e. The van der Waals surface area contributed by atoms with Crippen LogP contribution in [-0.4, -0.2) is 23.8 Å². The van der Waals surface area contributed by atoms with Crippen molar-refractivity contribution in [2.75, 3.05) is 12.8 Å². The van der Waals surface area contributed by atoms with Crippen LogP contribution in [0.1, 0.15) is 17.2 Å². The summed E-state index contributed by atoms with van der Waals surface area (Å²) in [5, 5.41) is 13.4. The number of hydrogen-bond acceptors (Lipinski definition) is 3. The highest BCUT2D eigenvalue weighted by atomic mass is 35.5. The molecule has 0 saturated carbocycles. The van der Waals surface area contributed by atoms with Crippen LogP contribution in [0.5, 0.6) is 0 Å². The molecule has 0 aliphatic heterocycles. The van der Waals surface area contributed by atoms with Crippen LogP contribution in [0.4, 0.5) is 0 Å². The number of halogens is 1. The van der Waals surface area contributed by atoms with Crippen LogP contribution in [0, 0.1) is 0 Å². The van der Waals surface area contributed by atoms with Gasteiger partial charge in [0.2, 0.25) is 5.91 Å². The van der Waals surface area contributed by atoms with E-state index in [1.807, 2.05) is 48.7 Å². The first-order chi connectivity index (χ1) is 10.6. The molecular formula is C17H18ClNO2S. The van der Waals surface area contributed by atoms with E-state index in [1.54, 1.807) is 17.8 Å². The summed E-state index contributed by atoms with van der Waals surface area (Å²) in [6.07, 6.45) is 1.49. The average Bonchev–Trinajstić information content (AvgIpc) is 2.55. The van der Waals surface area contributed by atoms with E-state index in [-0.39, 0.29) is 18.9 Å². The minimum absolute atomic E-state index is 0.159. The van der Waals surface area contributed by atoms with Crippen LogP contribution >= 0.6 is 23.4 Å². The van der Waals surface area contributed by atoms with Gasteiger partial charge in [0.05, 0.1) is 12.5 Å². The van der Waals surface area contributed by atoms with E-state index in [0.29, 0.717) is 5.02 Å². The lowest BCUT2D eigenvalue weighted by molar-refractivity contribution is -0.120. The molecule has 116 valence electrons. The fourth-order valence-electron chi connectivity index (χ4n) is 2.03. The fourth-order valence-corrected chi connectivity index (χ4v) is 2.64. The second-order valence-electron chi connectivity index (χ2n) is 4.86. The summed E-state index contributed by atoms with van der Waals surface area (Å²) in [4.78, 5) is 13.1. The average molecular weight is 336 g/mol. The van der Waals surface area contributed by atoms with E-state index in [2.05, 4.69) is 5.32 Å². The number of nitrogens with one attached hydrogen (secondary N) is 1. The van der Waals surface area contributed by atoms with Gasteiger partial charge in [-0.05, 0) is 35.6 Å². The van der Waals surface area contributed by atoms with Crippen molar-refractivity contribution in [3.63, 3.8) is 0 Å². The van der Waals surface area contributed by atoms with Crippen LogP contribution in [0.15, 0.2) is 53.4 Å². The van der Waals surface area contributed by atoms with Gasteiger partial charge in [-0.1, -0.05) is 41.9 Å². The summed E-state index contributed by atoms with van der Waals surface area (Å²) < 4.78 is 0. The molecular weight excluding hydrogens is 318 g/mol. The van der Waals surface area contributed by atoms with E-state index in [0.717, 1.165) is 16.0 Å². The first-order valence-corrected chi connectivity index (χ1v) is 8.52. The van der Waals surface area contributed by atoms with Gasteiger partial charge >= 0.3 is 0 Å². The molecule has 1 atom stereocenters. The van der Waals surface area contributed by atoms with E-state index in [9.17, 15) is 9.90 Å². The molecule has 0 bridgehead atoms. The minimum atomic E-state index is -0.717. The number of benzene rings is 2. The molecule has 2 aromatic carbocycles. The maximum absolute atomic E-state index is 11.9. The molecule has 2 aromatic rings. The Morgan fingerprint density at radius 2 is 1.91 bits per heavy atom. The van der Waals surface area contributed by atoms with Gasteiger partial charge < -0.3 is 10.4 Å². The van der Waals surface area contributed by atoms with Crippen LogP contribution in [0.25, 0.3) is 0 Å². The first-order valence-electron chi connectivity index (χ1n) is 6.92. The molecule has 0 radical (unpaired) electrons. The van der Waals surface area contributed by atoms with Crippen LogP contribution in [0.3, 0.4) is 0 Å². The van der Waals surface area contributed by atoms with E-state index < -0.39 is 6.10 Å². The molecule has 2 rings (SSSR count). The van der Waals surface area contributed by atoms with Crippen molar-refractivity contribution in [1.29, 1.82) is 0 Å². The molecule has 0 aliphatic carbocycles. The number of rotatable bonds is 6. The molecule has 1 unspecified atom stereocenters. The summed E-state index contributed by atoms with van der Waals surface area (Å²) >= 11 is 7.67. The van der Waals surface area contributed by atoms with Gasteiger partial charge in [0.15, 0.2) is 0 Å². The van der Waals surface area contributed by atoms with E-state index in [4.69, 9.17) is 11.6 Å². The lowest BCUT2D eigenvalue weighted by Crippen LogP contribution is -2.29. The van der Waals surface area contributed by atoms with Gasteiger partial charge in [-0.15, -0.1) is 11.8 Å². The summed E-state index contributed by atoms with van der Waals surface area (Å²) in [6, 6.07) is 14.9. The maximum atomic E-state index is 11.9.